The van der Waals surface area contributed by atoms with Crippen molar-refractivity contribution in [1.82, 2.24) is 15.2 Å². The summed E-state index contributed by atoms with van der Waals surface area (Å²) in [5.74, 6) is 5.66. The Morgan fingerprint density at radius 2 is 2.18 bits per heavy atom. The second-order valence-corrected chi connectivity index (χ2v) is 4.96. The average Bonchev–Trinajstić information content (AvgIpc) is 2.65. The molecule has 2 rings (SSSR count). The van der Waals surface area contributed by atoms with Gasteiger partial charge in [-0.05, 0) is 36.2 Å². The first-order valence-corrected chi connectivity index (χ1v) is 6.12. The van der Waals surface area contributed by atoms with E-state index in [0.717, 1.165) is 15.7 Å². The molecule has 1 atom stereocenters. The Labute approximate surface area is 109 Å². The van der Waals surface area contributed by atoms with Crippen LogP contribution in [0.2, 0.25) is 0 Å². The van der Waals surface area contributed by atoms with Crippen LogP contribution in [-0.2, 0) is 7.05 Å². The topological polar surface area (TPSA) is 55.9 Å². The van der Waals surface area contributed by atoms with Gasteiger partial charge in [-0.15, -0.1) is 0 Å². The highest BCUT2D eigenvalue weighted by Gasteiger charge is 2.16. The lowest BCUT2D eigenvalue weighted by Crippen LogP contribution is -2.30. The monoisotopic (exact) mass is 294 g/mol. The van der Waals surface area contributed by atoms with Crippen LogP contribution in [0.1, 0.15) is 22.9 Å². The van der Waals surface area contributed by atoms with Crippen molar-refractivity contribution in [2.75, 3.05) is 0 Å². The number of hydrogen-bond donors (Lipinski definition) is 2. The highest BCUT2D eigenvalue weighted by molar-refractivity contribution is 9.10. The zero-order valence-corrected chi connectivity index (χ0v) is 11.4. The number of rotatable bonds is 3. The fourth-order valence-corrected chi connectivity index (χ4v) is 2.58. The van der Waals surface area contributed by atoms with Crippen molar-refractivity contribution in [3.63, 3.8) is 0 Å². The highest BCUT2D eigenvalue weighted by atomic mass is 79.9. The van der Waals surface area contributed by atoms with Gasteiger partial charge in [-0.25, -0.2) is 5.43 Å². The fraction of sp³-hybridized carbons (Fsp3) is 0.250. The zero-order valence-electron chi connectivity index (χ0n) is 9.81. The quantitative estimate of drug-likeness (QED) is 0.673. The molecule has 0 saturated carbocycles. The number of nitrogens with one attached hydrogen (secondary N) is 1. The van der Waals surface area contributed by atoms with Gasteiger partial charge in [0.25, 0.3) is 0 Å². The Hall–Kier alpha value is -1.17. The van der Waals surface area contributed by atoms with Gasteiger partial charge in [0.15, 0.2) is 0 Å². The SMILES string of the molecule is Cc1cc(Br)cc(C(NN)c2ccnn2C)c1. The standard InChI is InChI=1S/C12H15BrN4/c1-8-5-9(7-10(13)6-8)12(16-14)11-3-4-15-17(11)2/h3-7,12,16H,14H2,1-2H3. The van der Waals surface area contributed by atoms with Crippen LogP contribution < -0.4 is 11.3 Å². The number of hydrazine groups is 1. The maximum absolute atomic E-state index is 5.66. The van der Waals surface area contributed by atoms with E-state index >= 15 is 0 Å². The summed E-state index contributed by atoms with van der Waals surface area (Å²) >= 11 is 3.50. The third kappa shape index (κ3) is 2.57. The first kappa shape index (κ1) is 12.3. The molecule has 1 heterocycles. The molecule has 0 amide bonds. The molecule has 1 aromatic heterocycles. The van der Waals surface area contributed by atoms with Gasteiger partial charge in [-0.1, -0.05) is 22.0 Å². The number of aryl methyl sites for hydroxylation is 2. The first-order chi connectivity index (χ1) is 8.11. The van der Waals surface area contributed by atoms with Gasteiger partial charge in [0.2, 0.25) is 0 Å². The number of benzene rings is 1. The van der Waals surface area contributed by atoms with Gasteiger partial charge >= 0.3 is 0 Å². The van der Waals surface area contributed by atoms with Crippen LogP contribution in [0.15, 0.2) is 34.9 Å². The van der Waals surface area contributed by atoms with Gasteiger partial charge in [-0.2, -0.15) is 5.10 Å². The highest BCUT2D eigenvalue weighted by Crippen LogP contribution is 2.25. The molecule has 0 fully saturated rings. The Kier molecular flexibility index (Phi) is 3.61. The Morgan fingerprint density at radius 3 is 2.71 bits per heavy atom. The number of hydrogen-bond acceptors (Lipinski definition) is 3. The van der Waals surface area contributed by atoms with E-state index < -0.39 is 0 Å². The molecule has 4 nitrogen and oxygen atoms in total. The van der Waals surface area contributed by atoms with E-state index in [0.29, 0.717) is 0 Å². The lowest BCUT2D eigenvalue weighted by atomic mass is 10.0. The van der Waals surface area contributed by atoms with E-state index in [1.54, 1.807) is 6.20 Å². The van der Waals surface area contributed by atoms with Gasteiger partial charge in [0.05, 0.1) is 11.7 Å². The minimum absolute atomic E-state index is 0.0568. The van der Waals surface area contributed by atoms with Crippen molar-refractivity contribution in [3.05, 3.63) is 51.8 Å². The van der Waals surface area contributed by atoms with Gasteiger partial charge in [-0.3, -0.25) is 10.5 Å². The molecule has 0 saturated heterocycles. The van der Waals surface area contributed by atoms with Crippen LogP contribution in [0.4, 0.5) is 0 Å². The molecule has 2 aromatic rings. The van der Waals surface area contributed by atoms with E-state index in [9.17, 15) is 0 Å². The summed E-state index contributed by atoms with van der Waals surface area (Å²) in [7, 11) is 1.91. The van der Waals surface area contributed by atoms with Crippen LogP contribution in [0, 0.1) is 6.92 Å². The summed E-state index contributed by atoms with van der Waals surface area (Å²) in [5.41, 5.74) is 6.17. The summed E-state index contributed by atoms with van der Waals surface area (Å²) < 4.78 is 2.87. The molecular formula is C12H15BrN4. The van der Waals surface area contributed by atoms with Crippen LogP contribution in [0.5, 0.6) is 0 Å². The van der Waals surface area contributed by atoms with Crippen molar-refractivity contribution < 1.29 is 0 Å². The summed E-state index contributed by atoms with van der Waals surface area (Å²) in [6, 6.07) is 8.15. The minimum atomic E-state index is -0.0568. The molecule has 0 bridgehead atoms. The molecule has 90 valence electrons. The third-order valence-electron chi connectivity index (χ3n) is 2.72. The van der Waals surface area contributed by atoms with E-state index in [1.807, 2.05) is 17.8 Å². The second kappa shape index (κ2) is 5.00. The van der Waals surface area contributed by atoms with Crippen LogP contribution >= 0.6 is 15.9 Å². The Bertz CT molecular complexity index is 501. The predicted octanol–water partition coefficient (Wildman–Crippen LogP) is 2.04. The minimum Gasteiger partial charge on any atom is -0.271 e. The summed E-state index contributed by atoms with van der Waals surface area (Å²) in [5, 5.41) is 4.17. The number of nitrogens with zero attached hydrogens (tertiary/aromatic N) is 2. The van der Waals surface area contributed by atoms with Crippen molar-refractivity contribution in [2.45, 2.75) is 13.0 Å². The third-order valence-corrected chi connectivity index (χ3v) is 3.18. The Balaban J connectivity index is 2.45. The van der Waals surface area contributed by atoms with E-state index in [1.165, 1.54) is 5.56 Å². The average molecular weight is 295 g/mol. The first-order valence-electron chi connectivity index (χ1n) is 5.33. The predicted molar refractivity (Wildman–Crippen MR) is 71.3 cm³/mol. The molecule has 0 aliphatic carbocycles. The second-order valence-electron chi connectivity index (χ2n) is 4.04. The van der Waals surface area contributed by atoms with Crippen molar-refractivity contribution in [1.29, 1.82) is 0 Å². The summed E-state index contributed by atoms with van der Waals surface area (Å²) in [6.45, 7) is 2.06. The van der Waals surface area contributed by atoms with Crippen molar-refractivity contribution in [3.8, 4) is 0 Å². The van der Waals surface area contributed by atoms with Gasteiger partial charge in [0.1, 0.15) is 0 Å². The zero-order chi connectivity index (χ0) is 12.4. The summed E-state index contributed by atoms with van der Waals surface area (Å²) in [4.78, 5) is 0. The molecular weight excluding hydrogens is 280 g/mol. The number of aromatic nitrogens is 2. The van der Waals surface area contributed by atoms with Crippen LogP contribution in [0.3, 0.4) is 0 Å². The van der Waals surface area contributed by atoms with E-state index in [4.69, 9.17) is 5.84 Å². The van der Waals surface area contributed by atoms with Gasteiger partial charge in [0, 0.05) is 17.7 Å². The van der Waals surface area contributed by atoms with Crippen LogP contribution in [-0.4, -0.2) is 9.78 Å². The molecule has 0 spiro atoms. The van der Waals surface area contributed by atoms with Crippen molar-refractivity contribution >= 4 is 15.9 Å². The largest absolute Gasteiger partial charge is 0.271 e. The maximum Gasteiger partial charge on any atom is 0.0878 e. The lowest BCUT2D eigenvalue weighted by Gasteiger charge is -2.17. The Morgan fingerprint density at radius 1 is 1.41 bits per heavy atom. The molecule has 1 aromatic carbocycles. The molecule has 3 N–H and O–H groups in total. The van der Waals surface area contributed by atoms with E-state index in [-0.39, 0.29) is 6.04 Å². The summed E-state index contributed by atoms with van der Waals surface area (Å²) in [6.07, 6.45) is 1.77. The number of nitrogens with two attached hydrogens (primary N) is 1. The van der Waals surface area contributed by atoms with Gasteiger partial charge < -0.3 is 0 Å². The smallest absolute Gasteiger partial charge is 0.0878 e. The molecule has 0 aliphatic heterocycles. The molecule has 5 heteroatoms. The molecule has 1 unspecified atom stereocenters. The maximum atomic E-state index is 5.66. The molecule has 0 aliphatic rings. The number of halogens is 1. The van der Waals surface area contributed by atoms with Crippen LogP contribution in [0.25, 0.3) is 0 Å². The molecule has 17 heavy (non-hydrogen) atoms. The molecule has 0 radical (unpaired) electrons. The normalized spacial score (nSPS) is 12.7. The van der Waals surface area contributed by atoms with E-state index in [2.05, 4.69) is 51.6 Å². The fourth-order valence-electron chi connectivity index (χ4n) is 1.95. The lowest BCUT2D eigenvalue weighted by molar-refractivity contribution is 0.574. The van der Waals surface area contributed by atoms with Crippen molar-refractivity contribution in [2.24, 2.45) is 12.9 Å².